The molecule has 0 spiro atoms. The van der Waals surface area contributed by atoms with Crippen LogP contribution in [0.4, 0.5) is 10.1 Å². The normalized spacial score (nSPS) is 10.5. The zero-order valence-corrected chi connectivity index (χ0v) is 14.3. The van der Waals surface area contributed by atoms with Gasteiger partial charge in [0.2, 0.25) is 0 Å². The van der Waals surface area contributed by atoms with E-state index >= 15 is 0 Å². The van der Waals surface area contributed by atoms with E-state index in [1.54, 1.807) is 6.07 Å². The van der Waals surface area contributed by atoms with Crippen molar-refractivity contribution in [3.8, 4) is 5.75 Å². The van der Waals surface area contributed by atoms with Gasteiger partial charge in [0, 0.05) is 10.2 Å². The van der Waals surface area contributed by atoms with E-state index in [9.17, 15) is 4.39 Å². The van der Waals surface area contributed by atoms with Crippen LogP contribution < -0.4 is 10.5 Å². The van der Waals surface area contributed by atoms with E-state index in [0.717, 1.165) is 13.4 Å². The van der Waals surface area contributed by atoms with Gasteiger partial charge < -0.3 is 10.5 Å². The molecule has 2 nitrogen and oxygen atoms in total. The fourth-order valence-corrected chi connectivity index (χ4v) is 4.07. The molecule has 2 aromatic rings. The first kappa shape index (κ1) is 14.8. The molecule has 0 unspecified atom stereocenters. The lowest BCUT2D eigenvalue weighted by Gasteiger charge is -2.11. The second-order valence-corrected chi connectivity index (χ2v) is 6.50. The number of rotatable bonds is 3. The molecule has 0 heterocycles. The Morgan fingerprint density at radius 1 is 1.00 bits per heavy atom. The van der Waals surface area contributed by atoms with Gasteiger partial charge in [0.25, 0.3) is 0 Å². The van der Waals surface area contributed by atoms with Gasteiger partial charge in [0.1, 0.15) is 18.2 Å². The average Bonchev–Trinajstić information content (AvgIpc) is 2.25. The molecule has 2 N–H and O–H groups in total. The number of benzene rings is 2. The molecule has 0 aliphatic carbocycles. The Hall–Kier alpha value is -0.590. The van der Waals surface area contributed by atoms with Gasteiger partial charge in [0.05, 0.1) is 8.95 Å². The van der Waals surface area contributed by atoms with Gasteiger partial charge in [-0.25, -0.2) is 4.39 Å². The minimum absolute atomic E-state index is 0.237. The third-order valence-electron chi connectivity index (χ3n) is 2.33. The van der Waals surface area contributed by atoms with Crippen molar-refractivity contribution in [3.05, 3.63) is 55.1 Å². The van der Waals surface area contributed by atoms with Gasteiger partial charge in [-0.3, -0.25) is 0 Å². The van der Waals surface area contributed by atoms with Gasteiger partial charge in [-0.15, -0.1) is 0 Å². The monoisotopic (exact) mass is 451 g/mol. The smallest absolute Gasteiger partial charge is 0.148 e. The Morgan fingerprint density at radius 3 is 2.21 bits per heavy atom. The average molecular weight is 454 g/mol. The first-order valence-corrected chi connectivity index (χ1v) is 7.66. The first-order valence-electron chi connectivity index (χ1n) is 5.28. The predicted octanol–water partition coefficient (Wildman–Crippen LogP) is 5.27. The standard InChI is InChI=1S/C13H9Br3FNO/c14-8-3-11(15)13(12(16)4-8)19-6-7-1-9(17)5-10(18)2-7/h1-5H,6,18H2. The van der Waals surface area contributed by atoms with Crippen molar-refractivity contribution in [1.29, 1.82) is 0 Å². The summed E-state index contributed by atoms with van der Waals surface area (Å²) >= 11 is 10.2. The molecule has 0 aliphatic heterocycles. The third-order valence-corrected chi connectivity index (χ3v) is 3.96. The molecule has 0 saturated carbocycles. The zero-order valence-electron chi connectivity index (χ0n) is 9.59. The number of anilines is 1. The lowest BCUT2D eigenvalue weighted by molar-refractivity contribution is 0.301. The molecule has 2 rings (SSSR count). The van der Waals surface area contributed by atoms with Gasteiger partial charge >= 0.3 is 0 Å². The van der Waals surface area contributed by atoms with E-state index in [0.29, 0.717) is 17.0 Å². The van der Waals surface area contributed by atoms with E-state index in [-0.39, 0.29) is 12.4 Å². The molecule has 0 aliphatic rings. The summed E-state index contributed by atoms with van der Waals surface area (Å²) < 4.78 is 21.4. The molecule has 6 heteroatoms. The van der Waals surface area contributed by atoms with E-state index in [2.05, 4.69) is 47.8 Å². The Morgan fingerprint density at radius 2 is 1.63 bits per heavy atom. The quantitative estimate of drug-likeness (QED) is 0.642. The van der Waals surface area contributed by atoms with Gasteiger partial charge in [-0.05, 0) is 67.8 Å². The predicted molar refractivity (Wildman–Crippen MR) is 84.7 cm³/mol. The van der Waals surface area contributed by atoms with Crippen molar-refractivity contribution in [2.45, 2.75) is 6.61 Å². The van der Waals surface area contributed by atoms with E-state index in [1.165, 1.54) is 12.1 Å². The number of hydrogen-bond donors (Lipinski definition) is 1. The molecule has 0 saturated heterocycles. The maximum atomic E-state index is 13.2. The molecule has 0 bridgehead atoms. The van der Waals surface area contributed by atoms with Crippen LogP contribution >= 0.6 is 47.8 Å². The highest BCUT2D eigenvalue weighted by Crippen LogP contribution is 2.36. The molecule has 0 aromatic heterocycles. The molecule has 0 fully saturated rings. The Kier molecular flexibility index (Phi) is 4.86. The number of nitrogens with two attached hydrogens (primary N) is 1. The van der Waals surface area contributed by atoms with Crippen LogP contribution in [0, 0.1) is 5.82 Å². The molecule has 0 amide bonds. The highest BCUT2D eigenvalue weighted by Gasteiger charge is 2.09. The second-order valence-electron chi connectivity index (χ2n) is 3.88. The van der Waals surface area contributed by atoms with Crippen LogP contribution in [0.1, 0.15) is 5.56 Å². The van der Waals surface area contributed by atoms with E-state index < -0.39 is 0 Å². The summed E-state index contributed by atoms with van der Waals surface area (Å²) in [6.07, 6.45) is 0. The van der Waals surface area contributed by atoms with E-state index in [1.807, 2.05) is 12.1 Å². The summed E-state index contributed by atoms with van der Waals surface area (Å²) in [5.41, 5.74) is 6.65. The van der Waals surface area contributed by atoms with Crippen molar-refractivity contribution in [1.82, 2.24) is 0 Å². The van der Waals surface area contributed by atoms with Gasteiger partial charge in [0.15, 0.2) is 0 Å². The zero-order chi connectivity index (χ0) is 14.0. The summed E-state index contributed by atoms with van der Waals surface area (Å²) in [7, 11) is 0. The van der Waals surface area contributed by atoms with Crippen LogP contribution in [-0.2, 0) is 6.61 Å². The van der Waals surface area contributed by atoms with Crippen LogP contribution in [-0.4, -0.2) is 0 Å². The maximum Gasteiger partial charge on any atom is 0.148 e. The van der Waals surface area contributed by atoms with Crippen LogP contribution in [0.2, 0.25) is 0 Å². The van der Waals surface area contributed by atoms with Crippen molar-refractivity contribution >= 4 is 53.5 Å². The fraction of sp³-hybridized carbons (Fsp3) is 0.0769. The summed E-state index contributed by atoms with van der Waals surface area (Å²) in [6.45, 7) is 0.237. The number of ether oxygens (including phenoxy) is 1. The minimum atomic E-state index is -0.368. The van der Waals surface area contributed by atoms with Crippen molar-refractivity contribution in [3.63, 3.8) is 0 Å². The number of halogens is 4. The fourth-order valence-electron chi connectivity index (χ4n) is 1.58. The van der Waals surface area contributed by atoms with Gasteiger partial charge in [-0.1, -0.05) is 15.9 Å². The van der Waals surface area contributed by atoms with Crippen molar-refractivity contribution < 1.29 is 9.13 Å². The van der Waals surface area contributed by atoms with E-state index in [4.69, 9.17) is 10.5 Å². The highest BCUT2D eigenvalue weighted by atomic mass is 79.9. The lowest BCUT2D eigenvalue weighted by atomic mass is 10.2. The number of nitrogen functional groups attached to an aromatic ring is 1. The Bertz CT molecular complexity index is 576. The molecular formula is C13H9Br3FNO. The Labute approximate surface area is 135 Å². The second kappa shape index (κ2) is 6.24. The summed E-state index contributed by atoms with van der Waals surface area (Å²) in [5, 5.41) is 0. The topological polar surface area (TPSA) is 35.2 Å². The van der Waals surface area contributed by atoms with Gasteiger partial charge in [-0.2, -0.15) is 0 Å². The molecule has 19 heavy (non-hydrogen) atoms. The minimum Gasteiger partial charge on any atom is -0.487 e. The first-order chi connectivity index (χ1) is 8.95. The SMILES string of the molecule is Nc1cc(F)cc(COc2c(Br)cc(Br)cc2Br)c1. The lowest BCUT2D eigenvalue weighted by Crippen LogP contribution is -1.99. The van der Waals surface area contributed by atoms with Crippen LogP contribution in [0.5, 0.6) is 5.75 Å². The van der Waals surface area contributed by atoms with Crippen LogP contribution in [0.25, 0.3) is 0 Å². The highest BCUT2D eigenvalue weighted by molar-refractivity contribution is 9.11. The van der Waals surface area contributed by atoms with Crippen molar-refractivity contribution in [2.75, 3.05) is 5.73 Å². The summed E-state index contributed by atoms with van der Waals surface area (Å²) in [4.78, 5) is 0. The summed E-state index contributed by atoms with van der Waals surface area (Å²) in [5.74, 6) is 0.290. The molecule has 2 aromatic carbocycles. The third kappa shape index (κ3) is 3.94. The molecular weight excluding hydrogens is 445 g/mol. The molecule has 0 radical (unpaired) electrons. The van der Waals surface area contributed by atoms with Crippen LogP contribution in [0.15, 0.2) is 43.7 Å². The van der Waals surface area contributed by atoms with Crippen LogP contribution in [0.3, 0.4) is 0 Å². The summed E-state index contributed by atoms with van der Waals surface area (Å²) in [6, 6.07) is 8.11. The maximum absolute atomic E-state index is 13.2. The molecule has 0 atom stereocenters. The van der Waals surface area contributed by atoms with Crippen molar-refractivity contribution in [2.24, 2.45) is 0 Å². The Balaban J connectivity index is 2.19. The number of hydrogen-bond acceptors (Lipinski definition) is 2. The molecule has 100 valence electrons. The largest absolute Gasteiger partial charge is 0.487 e.